The van der Waals surface area contributed by atoms with Gasteiger partial charge in [0.25, 0.3) is 0 Å². The first-order valence-corrected chi connectivity index (χ1v) is 12.2. The lowest BCUT2D eigenvalue weighted by Gasteiger charge is -2.31. The van der Waals surface area contributed by atoms with Crippen LogP contribution in [0.1, 0.15) is 19.8 Å². The van der Waals surface area contributed by atoms with Gasteiger partial charge in [-0.15, -0.1) is 0 Å². The Kier molecular flexibility index (Phi) is 7.89. The van der Waals surface area contributed by atoms with Crippen molar-refractivity contribution in [3.05, 3.63) is 64.0 Å². The minimum absolute atomic E-state index is 0.0496. The molecular weight excluding hydrogens is 443 g/mol. The number of nitrogens with zero attached hydrogens (tertiary/aromatic N) is 1. The molecule has 1 heterocycles. The fourth-order valence-corrected chi connectivity index (χ4v) is 6.40. The van der Waals surface area contributed by atoms with Crippen LogP contribution in [0.3, 0.4) is 0 Å². The molecule has 2 rings (SSSR count). The molecule has 1 fully saturated rings. The lowest BCUT2D eigenvalue weighted by atomic mass is 10.1. The summed E-state index contributed by atoms with van der Waals surface area (Å²) in [4.78, 5) is 0.0830. The Labute approximate surface area is 176 Å². The lowest BCUT2D eigenvalue weighted by molar-refractivity contribution is 0.309. The highest BCUT2D eigenvalue weighted by molar-refractivity contribution is 7.93. The third kappa shape index (κ3) is 5.46. The second kappa shape index (κ2) is 9.56. The van der Waals surface area contributed by atoms with Crippen molar-refractivity contribution < 1.29 is 16.8 Å². The zero-order chi connectivity index (χ0) is 20.9. The first-order valence-electron chi connectivity index (χ1n) is 8.54. The minimum atomic E-state index is -3.81. The van der Waals surface area contributed by atoms with E-state index in [0.717, 1.165) is 0 Å². The van der Waals surface area contributed by atoms with Crippen LogP contribution in [0.4, 0.5) is 0 Å². The summed E-state index contributed by atoms with van der Waals surface area (Å²) in [6.45, 7) is 5.50. The number of nitrogens with one attached hydrogen (secondary N) is 1. The van der Waals surface area contributed by atoms with Crippen LogP contribution >= 0.6 is 23.2 Å². The van der Waals surface area contributed by atoms with E-state index in [4.69, 9.17) is 23.2 Å². The van der Waals surface area contributed by atoms with Gasteiger partial charge >= 0.3 is 0 Å². The molecule has 1 aliphatic heterocycles. The largest absolute Gasteiger partial charge is 0.244 e. The fraction of sp³-hybridized carbons (Fsp3) is 0.333. The zero-order valence-corrected chi connectivity index (χ0v) is 18.5. The molecule has 1 aromatic carbocycles. The smallest absolute Gasteiger partial charge is 0.208 e. The van der Waals surface area contributed by atoms with Gasteiger partial charge in [-0.3, -0.25) is 0 Å². The maximum Gasteiger partial charge on any atom is 0.244 e. The third-order valence-electron chi connectivity index (χ3n) is 4.28. The van der Waals surface area contributed by atoms with Gasteiger partial charge in [0.2, 0.25) is 20.0 Å². The van der Waals surface area contributed by atoms with Gasteiger partial charge in [-0.2, -0.15) is 4.31 Å². The highest BCUT2D eigenvalue weighted by Gasteiger charge is 2.32. The molecule has 0 aromatic heterocycles. The Morgan fingerprint density at radius 3 is 2.43 bits per heavy atom. The van der Waals surface area contributed by atoms with Crippen LogP contribution in [0.5, 0.6) is 0 Å². The van der Waals surface area contributed by atoms with Crippen LogP contribution in [0.25, 0.3) is 0 Å². The summed E-state index contributed by atoms with van der Waals surface area (Å²) in [6.07, 6.45) is 6.67. The van der Waals surface area contributed by atoms with Crippen molar-refractivity contribution in [1.29, 1.82) is 0 Å². The van der Waals surface area contributed by atoms with Crippen LogP contribution < -0.4 is 4.72 Å². The summed E-state index contributed by atoms with van der Waals surface area (Å²) >= 11 is 11.9. The predicted octanol–water partition coefficient (Wildman–Crippen LogP) is 3.71. The van der Waals surface area contributed by atoms with E-state index in [9.17, 15) is 16.8 Å². The molecule has 10 heteroatoms. The van der Waals surface area contributed by atoms with Crippen LogP contribution in [0.2, 0.25) is 10.0 Å². The van der Waals surface area contributed by atoms with Crippen molar-refractivity contribution in [3.8, 4) is 0 Å². The molecule has 1 aromatic rings. The van der Waals surface area contributed by atoms with Gasteiger partial charge in [0.15, 0.2) is 0 Å². The highest BCUT2D eigenvalue weighted by atomic mass is 35.5. The summed E-state index contributed by atoms with van der Waals surface area (Å²) in [5.41, 5.74) is 0. The maximum atomic E-state index is 12.8. The molecule has 0 radical (unpaired) electrons. The second-order valence-corrected chi connectivity index (χ2v) is 10.6. The third-order valence-corrected chi connectivity index (χ3v) is 8.53. The Morgan fingerprint density at radius 2 is 1.86 bits per heavy atom. The molecule has 0 saturated carbocycles. The highest BCUT2D eigenvalue weighted by Crippen LogP contribution is 2.29. The Hall–Kier alpha value is -1.16. The number of rotatable bonds is 7. The van der Waals surface area contributed by atoms with Crippen molar-refractivity contribution in [2.75, 3.05) is 13.1 Å². The van der Waals surface area contributed by atoms with Crippen LogP contribution in [0, 0.1) is 0 Å². The molecule has 154 valence electrons. The second-order valence-electron chi connectivity index (χ2n) is 6.16. The first-order chi connectivity index (χ1) is 13.1. The predicted molar refractivity (Wildman–Crippen MR) is 113 cm³/mol. The molecule has 28 heavy (non-hydrogen) atoms. The molecule has 0 spiro atoms. The number of piperidine rings is 1. The molecule has 0 atom stereocenters. The van der Waals surface area contributed by atoms with E-state index >= 15 is 0 Å². The van der Waals surface area contributed by atoms with Crippen LogP contribution in [0.15, 0.2) is 58.9 Å². The maximum absolute atomic E-state index is 12.8. The SMILES string of the molecule is C=C/C=C\C(=C/C)S(=O)(=O)NC1CCN(S(=O)(=O)c2cc(Cl)ccc2Cl)CC1. The number of hydrogen-bond acceptors (Lipinski definition) is 4. The van der Waals surface area contributed by atoms with Gasteiger partial charge in [-0.25, -0.2) is 21.6 Å². The Balaban J connectivity index is 2.09. The molecule has 1 N–H and O–H groups in total. The first kappa shape index (κ1) is 23.1. The van der Waals surface area contributed by atoms with Gasteiger partial charge in [-0.05, 0) is 44.0 Å². The van der Waals surface area contributed by atoms with E-state index in [1.165, 1.54) is 40.7 Å². The van der Waals surface area contributed by atoms with Gasteiger partial charge in [-0.1, -0.05) is 48.0 Å². The van der Waals surface area contributed by atoms with Gasteiger partial charge in [0, 0.05) is 24.2 Å². The van der Waals surface area contributed by atoms with Crippen LogP contribution in [-0.2, 0) is 20.0 Å². The summed E-state index contributed by atoms with van der Waals surface area (Å²) in [5.74, 6) is 0. The van der Waals surface area contributed by atoms with Gasteiger partial charge < -0.3 is 0 Å². The number of benzene rings is 1. The standard InChI is InChI=1S/C18H22Cl2N2O4S2/c1-3-5-6-16(4-2)27(23,24)21-15-9-11-22(12-10-15)28(25,26)18-13-14(19)7-8-17(18)20/h3-8,13,15,21H,1,9-12H2,2H3/b6-5-,16-4+. The molecule has 0 bridgehead atoms. The number of sulfonamides is 2. The Morgan fingerprint density at radius 1 is 1.21 bits per heavy atom. The van der Waals surface area contributed by atoms with Crippen molar-refractivity contribution in [3.63, 3.8) is 0 Å². The van der Waals surface area contributed by atoms with Crippen molar-refractivity contribution in [2.24, 2.45) is 0 Å². The quantitative estimate of drug-likeness (QED) is 0.623. The average molecular weight is 465 g/mol. The number of allylic oxidation sites excluding steroid dienone is 4. The zero-order valence-electron chi connectivity index (χ0n) is 15.3. The molecule has 1 aliphatic rings. The minimum Gasteiger partial charge on any atom is -0.208 e. The summed E-state index contributed by atoms with van der Waals surface area (Å²) in [5, 5.41) is 0.371. The fourth-order valence-electron chi connectivity index (χ4n) is 2.82. The van der Waals surface area contributed by atoms with Crippen molar-refractivity contribution >= 4 is 43.2 Å². The molecule has 6 nitrogen and oxygen atoms in total. The number of halogens is 2. The average Bonchev–Trinajstić information content (AvgIpc) is 2.64. The molecule has 0 aliphatic carbocycles. The number of hydrogen-bond donors (Lipinski definition) is 1. The summed E-state index contributed by atoms with van der Waals surface area (Å²) in [6, 6.07) is 3.91. The van der Waals surface area contributed by atoms with E-state index in [0.29, 0.717) is 12.8 Å². The monoisotopic (exact) mass is 464 g/mol. The summed E-state index contributed by atoms with van der Waals surface area (Å²) in [7, 11) is -7.50. The van der Waals surface area contributed by atoms with E-state index in [-0.39, 0.29) is 39.0 Å². The van der Waals surface area contributed by atoms with E-state index in [2.05, 4.69) is 11.3 Å². The van der Waals surface area contributed by atoms with Crippen molar-refractivity contribution in [2.45, 2.75) is 30.7 Å². The van der Waals surface area contributed by atoms with Gasteiger partial charge in [0.1, 0.15) is 4.90 Å². The molecular formula is C18H22Cl2N2O4S2. The van der Waals surface area contributed by atoms with Gasteiger partial charge in [0.05, 0.1) is 9.93 Å². The topological polar surface area (TPSA) is 83.6 Å². The van der Waals surface area contributed by atoms with Crippen molar-refractivity contribution in [1.82, 2.24) is 9.03 Å². The van der Waals surface area contributed by atoms with E-state index in [1.54, 1.807) is 13.0 Å². The van der Waals surface area contributed by atoms with E-state index in [1.807, 2.05) is 0 Å². The molecule has 0 amide bonds. The Bertz CT molecular complexity index is 994. The normalized spacial score (nSPS) is 17.9. The van der Waals surface area contributed by atoms with Crippen LogP contribution in [-0.4, -0.2) is 40.3 Å². The lowest BCUT2D eigenvalue weighted by Crippen LogP contribution is -2.46. The van der Waals surface area contributed by atoms with E-state index < -0.39 is 20.0 Å². The molecule has 1 saturated heterocycles. The summed E-state index contributed by atoms with van der Waals surface area (Å²) < 4.78 is 54.6. The molecule has 0 unspecified atom stereocenters.